The molecule has 0 aliphatic heterocycles. The van der Waals surface area contributed by atoms with E-state index in [4.69, 9.17) is 14.0 Å². The molecule has 0 bridgehead atoms. The van der Waals surface area contributed by atoms with Crippen molar-refractivity contribution in [1.29, 1.82) is 0 Å². The van der Waals surface area contributed by atoms with Crippen LogP contribution in [-0.4, -0.2) is 36.8 Å². The number of hydrogen-bond acceptors (Lipinski definition) is 9. The van der Waals surface area contributed by atoms with E-state index in [1.807, 2.05) is 52.0 Å². The number of aromatic nitrogens is 3. The van der Waals surface area contributed by atoms with Crippen molar-refractivity contribution in [3.63, 3.8) is 0 Å². The summed E-state index contributed by atoms with van der Waals surface area (Å²) < 4.78 is 46.3. The Morgan fingerprint density at radius 3 is 2.40 bits per heavy atom. The molecule has 0 spiro atoms. The highest BCUT2D eigenvalue weighted by Gasteiger charge is 2.23. The van der Waals surface area contributed by atoms with Gasteiger partial charge >= 0.3 is 0 Å². The first-order chi connectivity index (χ1) is 19.1. The Hall–Kier alpha value is -3.96. The van der Waals surface area contributed by atoms with Crippen molar-refractivity contribution in [2.24, 2.45) is 0 Å². The molecule has 2 aromatic carbocycles. The summed E-state index contributed by atoms with van der Waals surface area (Å²) in [6.07, 6.45) is 0. The lowest BCUT2D eigenvalue weighted by Gasteiger charge is -2.17. The Balaban J connectivity index is 1.68. The number of hydrogen-bond donors (Lipinski definition) is 2. The fourth-order valence-corrected chi connectivity index (χ4v) is 5.58. The molecule has 2 heterocycles. The van der Waals surface area contributed by atoms with Gasteiger partial charge < -0.3 is 19.3 Å². The van der Waals surface area contributed by atoms with Crippen molar-refractivity contribution in [3.05, 3.63) is 76.4 Å². The molecule has 212 valence electrons. The van der Waals surface area contributed by atoms with E-state index in [2.05, 4.69) is 25.2 Å². The van der Waals surface area contributed by atoms with Crippen LogP contribution < -0.4 is 14.8 Å². The van der Waals surface area contributed by atoms with Gasteiger partial charge in [-0.1, -0.05) is 41.6 Å². The molecule has 4 rings (SSSR count). The summed E-state index contributed by atoms with van der Waals surface area (Å²) in [5.74, 6) is 2.63. The standard InChI is InChI=1S/C29H35N5O5S/c1-7-37-17-23-15-22(16-30-29-27(38-8-2)19(4)31-21(6)32-29)13-14-24(23)25-11-9-10-12-26(25)40(35,36)34-28-18(3)20(5)39-33-28/h9-15H,7-8,16-17H2,1-6H3,(H,33,34)(H,30,31,32). The molecule has 10 nitrogen and oxygen atoms in total. The third-order valence-corrected chi connectivity index (χ3v) is 7.78. The molecule has 0 aliphatic rings. The summed E-state index contributed by atoms with van der Waals surface area (Å²) in [5.41, 5.74) is 4.56. The van der Waals surface area contributed by atoms with Crippen LogP contribution in [0.5, 0.6) is 5.75 Å². The van der Waals surface area contributed by atoms with Crippen LogP contribution in [-0.2, 0) is 27.9 Å². The number of aryl methyl sites for hydroxylation is 3. The minimum absolute atomic E-state index is 0.131. The Morgan fingerprint density at radius 2 is 1.70 bits per heavy atom. The fraction of sp³-hybridized carbons (Fsp3) is 0.345. The molecule has 4 aromatic rings. The molecule has 0 fully saturated rings. The maximum Gasteiger partial charge on any atom is 0.263 e. The highest BCUT2D eigenvalue weighted by molar-refractivity contribution is 7.92. The van der Waals surface area contributed by atoms with Crippen LogP contribution in [0, 0.1) is 27.7 Å². The largest absolute Gasteiger partial charge is 0.488 e. The molecule has 0 atom stereocenters. The number of nitrogens with one attached hydrogen (secondary N) is 2. The second-order valence-electron chi connectivity index (χ2n) is 9.26. The van der Waals surface area contributed by atoms with E-state index in [1.165, 1.54) is 0 Å². The topological polar surface area (TPSA) is 128 Å². The number of anilines is 2. The Labute approximate surface area is 235 Å². The van der Waals surface area contributed by atoms with Crippen LogP contribution in [0.1, 0.15) is 47.8 Å². The third-order valence-electron chi connectivity index (χ3n) is 6.38. The van der Waals surface area contributed by atoms with Crippen molar-refractivity contribution in [2.75, 3.05) is 23.3 Å². The average Bonchev–Trinajstić information content (AvgIpc) is 3.24. The summed E-state index contributed by atoms with van der Waals surface area (Å²) in [5, 5.41) is 7.23. The van der Waals surface area contributed by atoms with Gasteiger partial charge in [-0.3, -0.25) is 4.72 Å². The maximum absolute atomic E-state index is 13.5. The lowest BCUT2D eigenvalue weighted by Crippen LogP contribution is -2.15. The number of sulfonamides is 1. The molecule has 11 heteroatoms. The number of benzene rings is 2. The van der Waals surface area contributed by atoms with Crippen LogP contribution in [0.4, 0.5) is 11.6 Å². The predicted molar refractivity (Wildman–Crippen MR) is 154 cm³/mol. The lowest BCUT2D eigenvalue weighted by molar-refractivity contribution is 0.134. The molecule has 0 amide bonds. The molecule has 0 unspecified atom stereocenters. The number of nitrogens with zero attached hydrogens (tertiary/aromatic N) is 3. The van der Waals surface area contributed by atoms with Crippen LogP contribution in [0.3, 0.4) is 0 Å². The number of ether oxygens (including phenoxy) is 2. The highest BCUT2D eigenvalue weighted by atomic mass is 32.2. The van der Waals surface area contributed by atoms with Gasteiger partial charge in [0.05, 0.1) is 23.8 Å². The van der Waals surface area contributed by atoms with Crippen molar-refractivity contribution in [2.45, 2.75) is 59.6 Å². The van der Waals surface area contributed by atoms with Gasteiger partial charge in [-0.15, -0.1) is 0 Å². The predicted octanol–water partition coefficient (Wildman–Crippen LogP) is 5.71. The summed E-state index contributed by atoms with van der Waals surface area (Å²) >= 11 is 0. The zero-order valence-electron chi connectivity index (χ0n) is 23.7. The second kappa shape index (κ2) is 12.5. The first-order valence-corrected chi connectivity index (χ1v) is 14.6. The van der Waals surface area contributed by atoms with Gasteiger partial charge in [-0.25, -0.2) is 18.4 Å². The molecular weight excluding hydrogens is 530 g/mol. The monoisotopic (exact) mass is 565 g/mol. The molecule has 2 aromatic heterocycles. The summed E-state index contributed by atoms with van der Waals surface area (Å²) in [7, 11) is -3.97. The summed E-state index contributed by atoms with van der Waals surface area (Å²) in [4.78, 5) is 9.06. The Kier molecular flexibility index (Phi) is 9.06. The Morgan fingerprint density at radius 1 is 0.925 bits per heavy atom. The van der Waals surface area contributed by atoms with E-state index in [0.717, 1.165) is 22.4 Å². The van der Waals surface area contributed by atoms with Gasteiger partial charge in [0, 0.05) is 24.3 Å². The van der Waals surface area contributed by atoms with Crippen molar-refractivity contribution >= 4 is 21.7 Å². The molecule has 0 saturated heterocycles. The quantitative estimate of drug-likeness (QED) is 0.222. The van der Waals surface area contributed by atoms with Gasteiger partial charge in [0.2, 0.25) is 0 Å². The molecule has 2 N–H and O–H groups in total. The van der Waals surface area contributed by atoms with Crippen molar-refractivity contribution in [3.8, 4) is 16.9 Å². The Bertz CT molecular complexity index is 1600. The van der Waals surface area contributed by atoms with Gasteiger partial charge in [-0.05, 0) is 64.3 Å². The van der Waals surface area contributed by atoms with E-state index < -0.39 is 10.0 Å². The first-order valence-electron chi connectivity index (χ1n) is 13.1. The van der Waals surface area contributed by atoms with Gasteiger partial charge in [0.25, 0.3) is 10.0 Å². The minimum Gasteiger partial charge on any atom is -0.488 e. The minimum atomic E-state index is -3.97. The molecule has 0 saturated carbocycles. The van der Waals surface area contributed by atoms with Crippen LogP contribution in [0.25, 0.3) is 11.1 Å². The maximum atomic E-state index is 13.5. The van der Waals surface area contributed by atoms with Crippen molar-refractivity contribution in [1.82, 2.24) is 15.1 Å². The number of rotatable bonds is 12. The van der Waals surface area contributed by atoms with E-state index in [1.54, 1.807) is 32.0 Å². The zero-order chi connectivity index (χ0) is 28.9. The molecule has 0 aliphatic carbocycles. The average molecular weight is 566 g/mol. The molecule has 40 heavy (non-hydrogen) atoms. The van der Waals surface area contributed by atoms with E-state index in [9.17, 15) is 8.42 Å². The van der Waals surface area contributed by atoms with E-state index in [-0.39, 0.29) is 10.7 Å². The SMILES string of the molecule is CCOCc1cc(CNc2nc(C)nc(C)c2OCC)ccc1-c1ccccc1S(=O)(=O)Nc1noc(C)c1C. The summed E-state index contributed by atoms with van der Waals surface area (Å²) in [6, 6.07) is 12.8. The van der Waals surface area contributed by atoms with Crippen LogP contribution in [0.15, 0.2) is 51.9 Å². The van der Waals surface area contributed by atoms with Crippen molar-refractivity contribution < 1.29 is 22.4 Å². The van der Waals surface area contributed by atoms with E-state index in [0.29, 0.717) is 60.6 Å². The van der Waals surface area contributed by atoms with Crippen LogP contribution in [0.2, 0.25) is 0 Å². The fourth-order valence-electron chi connectivity index (χ4n) is 4.30. The third kappa shape index (κ3) is 6.43. The zero-order valence-corrected chi connectivity index (χ0v) is 24.5. The van der Waals surface area contributed by atoms with E-state index >= 15 is 0 Å². The molecular formula is C29H35N5O5S. The van der Waals surface area contributed by atoms with Gasteiger partial charge in [-0.2, -0.15) is 0 Å². The highest BCUT2D eigenvalue weighted by Crippen LogP contribution is 2.33. The molecule has 0 radical (unpaired) electrons. The van der Waals surface area contributed by atoms with Gasteiger partial charge in [0.1, 0.15) is 11.6 Å². The van der Waals surface area contributed by atoms with Crippen LogP contribution >= 0.6 is 0 Å². The first kappa shape index (κ1) is 29.0. The second-order valence-corrected chi connectivity index (χ2v) is 10.9. The van der Waals surface area contributed by atoms with Gasteiger partial charge in [0.15, 0.2) is 17.4 Å². The summed E-state index contributed by atoms with van der Waals surface area (Å²) in [6.45, 7) is 12.9. The lowest BCUT2D eigenvalue weighted by atomic mass is 9.97. The normalized spacial score (nSPS) is 11.4. The smallest absolute Gasteiger partial charge is 0.263 e.